The molecule has 136 valence electrons. The van der Waals surface area contributed by atoms with Gasteiger partial charge in [-0.05, 0) is 37.3 Å². The molecule has 0 radical (unpaired) electrons. The van der Waals surface area contributed by atoms with E-state index in [0.29, 0.717) is 16.9 Å². The first-order valence-electron chi connectivity index (χ1n) is 8.03. The summed E-state index contributed by atoms with van der Waals surface area (Å²) in [4.78, 5) is 36.9. The average molecular weight is 356 g/mol. The number of amides is 1. The van der Waals surface area contributed by atoms with Crippen LogP contribution in [0.2, 0.25) is 0 Å². The molecule has 2 aromatic rings. The summed E-state index contributed by atoms with van der Waals surface area (Å²) in [5.41, 5.74) is 1.14. The standard InChI is InChI=1S/C19H20N2O5/c1-3-26-17(22)12-21(2)16-10-9-14(11-15(16)19(24)25)20-18(23)13-7-5-4-6-8-13/h4-11H,3,12H2,1-2H3,(H,20,23)(H,24,25). The first-order chi connectivity index (χ1) is 12.4. The van der Waals surface area contributed by atoms with E-state index >= 15 is 0 Å². The van der Waals surface area contributed by atoms with Crippen molar-refractivity contribution in [1.29, 1.82) is 0 Å². The van der Waals surface area contributed by atoms with Crippen LogP contribution in [0.15, 0.2) is 48.5 Å². The summed E-state index contributed by atoms with van der Waals surface area (Å²) in [7, 11) is 1.60. The lowest BCUT2D eigenvalue weighted by atomic mass is 10.1. The summed E-state index contributed by atoms with van der Waals surface area (Å²) in [6, 6.07) is 13.1. The van der Waals surface area contributed by atoms with Gasteiger partial charge < -0.3 is 20.1 Å². The second-order valence-electron chi connectivity index (χ2n) is 5.52. The minimum Gasteiger partial charge on any atom is -0.478 e. The molecule has 2 N–H and O–H groups in total. The number of esters is 1. The lowest BCUT2D eigenvalue weighted by molar-refractivity contribution is -0.141. The van der Waals surface area contributed by atoms with Crippen LogP contribution >= 0.6 is 0 Å². The highest BCUT2D eigenvalue weighted by atomic mass is 16.5. The van der Waals surface area contributed by atoms with Crippen LogP contribution < -0.4 is 10.2 Å². The van der Waals surface area contributed by atoms with Gasteiger partial charge in [-0.1, -0.05) is 18.2 Å². The zero-order chi connectivity index (χ0) is 19.1. The maximum Gasteiger partial charge on any atom is 0.337 e. The number of carbonyl (C=O) groups excluding carboxylic acids is 2. The number of hydrogen-bond donors (Lipinski definition) is 2. The van der Waals surface area contributed by atoms with Crippen molar-refractivity contribution in [2.24, 2.45) is 0 Å². The number of aromatic carboxylic acids is 1. The molecule has 2 rings (SSSR count). The highest BCUT2D eigenvalue weighted by Gasteiger charge is 2.17. The molecule has 0 atom stereocenters. The van der Waals surface area contributed by atoms with Gasteiger partial charge in [0, 0.05) is 18.3 Å². The maximum atomic E-state index is 12.2. The number of nitrogens with zero attached hydrogens (tertiary/aromatic N) is 1. The molecular formula is C19H20N2O5. The number of benzene rings is 2. The molecule has 0 aliphatic rings. The Hall–Kier alpha value is -3.35. The summed E-state index contributed by atoms with van der Waals surface area (Å²) < 4.78 is 4.87. The molecule has 7 heteroatoms. The van der Waals surface area contributed by atoms with Crippen LogP contribution in [-0.4, -0.2) is 43.2 Å². The second-order valence-corrected chi connectivity index (χ2v) is 5.52. The van der Waals surface area contributed by atoms with Crippen molar-refractivity contribution in [3.63, 3.8) is 0 Å². The Morgan fingerprint density at radius 1 is 1.12 bits per heavy atom. The first kappa shape index (κ1) is 19.0. The predicted octanol–water partition coefficient (Wildman–Crippen LogP) is 2.64. The molecule has 0 spiro atoms. The van der Waals surface area contributed by atoms with Crippen LogP contribution in [0.5, 0.6) is 0 Å². The Morgan fingerprint density at radius 2 is 1.81 bits per heavy atom. The fraction of sp³-hybridized carbons (Fsp3) is 0.211. The number of carboxylic acids is 1. The zero-order valence-electron chi connectivity index (χ0n) is 14.6. The summed E-state index contributed by atoms with van der Waals surface area (Å²) in [5.74, 6) is -1.95. The lowest BCUT2D eigenvalue weighted by Crippen LogP contribution is -2.28. The molecule has 2 aromatic carbocycles. The van der Waals surface area contributed by atoms with Gasteiger partial charge in [0.15, 0.2) is 0 Å². The molecule has 1 amide bonds. The van der Waals surface area contributed by atoms with E-state index in [2.05, 4.69) is 5.32 Å². The highest BCUT2D eigenvalue weighted by molar-refractivity contribution is 6.05. The van der Waals surface area contributed by atoms with Gasteiger partial charge in [0.25, 0.3) is 5.91 Å². The van der Waals surface area contributed by atoms with Gasteiger partial charge in [0.1, 0.15) is 6.54 Å². The first-order valence-corrected chi connectivity index (χ1v) is 8.03. The molecule has 0 bridgehead atoms. The largest absolute Gasteiger partial charge is 0.478 e. The lowest BCUT2D eigenvalue weighted by Gasteiger charge is -2.21. The van der Waals surface area contributed by atoms with Crippen molar-refractivity contribution in [1.82, 2.24) is 0 Å². The van der Waals surface area contributed by atoms with Gasteiger partial charge in [-0.3, -0.25) is 9.59 Å². The van der Waals surface area contributed by atoms with Crippen molar-refractivity contribution in [2.45, 2.75) is 6.92 Å². The van der Waals surface area contributed by atoms with E-state index in [4.69, 9.17) is 4.74 Å². The third kappa shape index (κ3) is 4.83. The maximum absolute atomic E-state index is 12.2. The van der Waals surface area contributed by atoms with Crippen LogP contribution in [0.25, 0.3) is 0 Å². The molecule has 0 unspecified atom stereocenters. The minimum atomic E-state index is -1.16. The number of anilines is 2. The molecule has 0 aliphatic heterocycles. The number of hydrogen-bond acceptors (Lipinski definition) is 5. The van der Waals surface area contributed by atoms with E-state index in [-0.39, 0.29) is 24.6 Å². The van der Waals surface area contributed by atoms with Crippen molar-refractivity contribution < 1.29 is 24.2 Å². The minimum absolute atomic E-state index is 0.0253. The number of ether oxygens (including phenoxy) is 1. The second kappa shape index (κ2) is 8.66. The van der Waals surface area contributed by atoms with Crippen LogP contribution in [0.1, 0.15) is 27.6 Å². The van der Waals surface area contributed by atoms with E-state index in [1.54, 1.807) is 56.4 Å². The SMILES string of the molecule is CCOC(=O)CN(C)c1ccc(NC(=O)c2ccccc2)cc1C(=O)O. The fourth-order valence-corrected chi connectivity index (χ4v) is 2.40. The number of likely N-dealkylation sites (N-methyl/N-ethyl adjacent to an activating group) is 1. The Balaban J connectivity index is 2.21. The van der Waals surface area contributed by atoms with E-state index < -0.39 is 11.9 Å². The van der Waals surface area contributed by atoms with E-state index in [1.165, 1.54) is 11.0 Å². The van der Waals surface area contributed by atoms with Crippen LogP contribution in [0, 0.1) is 0 Å². The normalized spacial score (nSPS) is 10.1. The highest BCUT2D eigenvalue weighted by Crippen LogP contribution is 2.24. The number of rotatable bonds is 7. The Morgan fingerprint density at radius 3 is 2.42 bits per heavy atom. The van der Waals surface area contributed by atoms with Crippen molar-refractivity contribution in [3.8, 4) is 0 Å². The Bertz CT molecular complexity index is 805. The number of carbonyl (C=O) groups is 3. The Labute approximate surface area is 151 Å². The van der Waals surface area contributed by atoms with E-state index in [0.717, 1.165) is 0 Å². The van der Waals surface area contributed by atoms with Gasteiger partial charge in [-0.2, -0.15) is 0 Å². The summed E-state index contributed by atoms with van der Waals surface area (Å²) in [6.45, 7) is 1.87. The molecule has 26 heavy (non-hydrogen) atoms. The summed E-state index contributed by atoms with van der Waals surface area (Å²) >= 11 is 0. The number of carboxylic acid groups (broad SMARTS) is 1. The third-order valence-corrected chi connectivity index (χ3v) is 3.60. The van der Waals surface area contributed by atoms with Gasteiger partial charge in [-0.15, -0.1) is 0 Å². The molecule has 7 nitrogen and oxygen atoms in total. The summed E-state index contributed by atoms with van der Waals surface area (Å²) in [6.07, 6.45) is 0. The van der Waals surface area contributed by atoms with Gasteiger partial charge in [0.2, 0.25) is 0 Å². The molecular weight excluding hydrogens is 336 g/mol. The predicted molar refractivity (Wildman–Crippen MR) is 97.7 cm³/mol. The monoisotopic (exact) mass is 356 g/mol. The molecule has 0 aromatic heterocycles. The van der Waals surface area contributed by atoms with Crippen LogP contribution in [0.3, 0.4) is 0 Å². The average Bonchev–Trinajstić information content (AvgIpc) is 2.62. The van der Waals surface area contributed by atoms with E-state index in [1.807, 2.05) is 0 Å². The molecule has 0 aliphatic carbocycles. The smallest absolute Gasteiger partial charge is 0.337 e. The fourth-order valence-electron chi connectivity index (χ4n) is 2.40. The zero-order valence-corrected chi connectivity index (χ0v) is 14.6. The third-order valence-electron chi connectivity index (χ3n) is 3.60. The van der Waals surface area contributed by atoms with Gasteiger partial charge in [0.05, 0.1) is 17.9 Å². The quantitative estimate of drug-likeness (QED) is 0.741. The van der Waals surface area contributed by atoms with E-state index in [9.17, 15) is 19.5 Å². The Kier molecular flexibility index (Phi) is 6.32. The van der Waals surface area contributed by atoms with Crippen LogP contribution in [-0.2, 0) is 9.53 Å². The number of nitrogens with one attached hydrogen (secondary N) is 1. The molecule has 0 fully saturated rings. The van der Waals surface area contributed by atoms with Gasteiger partial charge in [-0.25, -0.2) is 4.79 Å². The van der Waals surface area contributed by atoms with Crippen LogP contribution in [0.4, 0.5) is 11.4 Å². The summed E-state index contributed by atoms with van der Waals surface area (Å²) in [5, 5.41) is 12.1. The van der Waals surface area contributed by atoms with Gasteiger partial charge >= 0.3 is 11.9 Å². The molecule has 0 heterocycles. The molecule has 0 saturated heterocycles. The van der Waals surface area contributed by atoms with Crippen molar-refractivity contribution >= 4 is 29.2 Å². The van der Waals surface area contributed by atoms with Crippen molar-refractivity contribution in [2.75, 3.05) is 30.4 Å². The molecule has 0 saturated carbocycles. The van der Waals surface area contributed by atoms with Crippen molar-refractivity contribution in [3.05, 3.63) is 59.7 Å². The topological polar surface area (TPSA) is 95.9 Å².